The normalized spacial score (nSPS) is 11.9. The maximum atomic E-state index is 13.7. The third kappa shape index (κ3) is 4.40. The molecule has 1 aromatic rings. The van der Waals surface area contributed by atoms with Gasteiger partial charge >= 0.3 is 0 Å². The fourth-order valence-corrected chi connectivity index (χ4v) is 3.26. The molecule has 0 spiro atoms. The average Bonchev–Trinajstić information content (AvgIpc) is 2.37. The van der Waals surface area contributed by atoms with Gasteiger partial charge in [0, 0.05) is 18.3 Å². The summed E-state index contributed by atoms with van der Waals surface area (Å²) in [6.07, 6.45) is 0. The van der Waals surface area contributed by atoms with Crippen molar-refractivity contribution in [3.8, 4) is 0 Å². The Morgan fingerprint density at radius 1 is 1.43 bits per heavy atom. The molecule has 0 heterocycles. The molecule has 1 rings (SSSR count). The van der Waals surface area contributed by atoms with E-state index in [0.29, 0.717) is 0 Å². The van der Waals surface area contributed by atoms with Crippen LogP contribution in [-0.2, 0) is 14.8 Å². The predicted octanol–water partition coefficient (Wildman–Crippen LogP) is 0.943. The smallest absolute Gasteiger partial charge is 0.246 e. The van der Waals surface area contributed by atoms with Crippen molar-refractivity contribution in [3.63, 3.8) is 0 Å². The number of nitrogens with one attached hydrogen (secondary N) is 1. The first-order valence-electron chi connectivity index (χ1n) is 6.53. The number of nitrogen functional groups attached to an aromatic ring is 1. The van der Waals surface area contributed by atoms with Gasteiger partial charge in [-0.2, -0.15) is 4.31 Å². The van der Waals surface area contributed by atoms with Crippen LogP contribution in [0.5, 0.6) is 0 Å². The first-order valence-corrected chi connectivity index (χ1v) is 7.97. The van der Waals surface area contributed by atoms with Gasteiger partial charge in [0.05, 0.1) is 6.54 Å². The Morgan fingerprint density at radius 2 is 2.05 bits per heavy atom. The molecule has 118 valence electrons. The molecule has 0 saturated carbocycles. The first kappa shape index (κ1) is 17.4. The fraction of sp³-hybridized carbons (Fsp3) is 0.462. The summed E-state index contributed by atoms with van der Waals surface area (Å²) in [7, 11) is -4.12. The van der Waals surface area contributed by atoms with E-state index in [2.05, 4.69) is 5.32 Å². The Bertz CT molecular complexity index is 617. The number of carbonyl (C=O) groups excluding carboxylic acids is 1. The van der Waals surface area contributed by atoms with Crippen molar-refractivity contribution in [1.82, 2.24) is 9.62 Å². The fourth-order valence-electron chi connectivity index (χ4n) is 1.75. The highest BCUT2D eigenvalue weighted by atomic mass is 32.2. The minimum absolute atomic E-state index is 0.0437. The van der Waals surface area contributed by atoms with Gasteiger partial charge in [-0.05, 0) is 32.0 Å². The van der Waals surface area contributed by atoms with Crippen LogP contribution in [0, 0.1) is 5.82 Å². The molecule has 0 radical (unpaired) electrons. The number of hydrogen-bond donors (Lipinski definition) is 2. The summed E-state index contributed by atoms with van der Waals surface area (Å²) in [5, 5.41) is 2.59. The molecular weight excluding hydrogens is 297 g/mol. The minimum atomic E-state index is -4.12. The zero-order chi connectivity index (χ0) is 16.2. The van der Waals surface area contributed by atoms with Gasteiger partial charge in [-0.25, -0.2) is 12.8 Å². The lowest BCUT2D eigenvalue weighted by atomic mass is 10.3. The molecule has 0 saturated heterocycles. The first-order chi connectivity index (χ1) is 9.68. The van der Waals surface area contributed by atoms with Gasteiger partial charge in [-0.15, -0.1) is 0 Å². The molecule has 0 bridgehead atoms. The molecule has 1 aromatic carbocycles. The van der Waals surface area contributed by atoms with Crippen molar-refractivity contribution >= 4 is 21.6 Å². The van der Waals surface area contributed by atoms with E-state index in [0.717, 1.165) is 16.4 Å². The SMILES string of the molecule is CCN(CC(=O)NC(C)C)S(=O)(=O)c1cc(N)ccc1F. The Hall–Kier alpha value is -1.67. The standard InChI is InChI=1S/C13H20FN3O3S/c1-4-17(8-13(18)16-9(2)3)21(19,20)12-7-10(15)5-6-11(12)14/h5-7,9H,4,8,15H2,1-3H3,(H,16,18). The molecule has 0 aromatic heterocycles. The van der Waals surface area contributed by atoms with Crippen LogP contribution >= 0.6 is 0 Å². The number of amides is 1. The molecule has 0 unspecified atom stereocenters. The van der Waals surface area contributed by atoms with Gasteiger partial charge in [-0.3, -0.25) is 4.79 Å². The second-order valence-electron chi connectivity index (χ2n) is 4.84. The summed E-state index contributed by atoms with van der Waals surface area (Å²) < 4.78 is 39.5. The van der Waals surface area contributed by atoms with E-state index in [9.17, 15) is 17.6 Å². The Morgan fingerprint density at radius 3 is 2.57 bits per heavy atom. The van der Waals surface area contributed by atoms with Gasteiger partial charge in [-0.1, -0.05) is 6.92 Å². The molecule has 6 nitrogen and oxygen atoms in total. The van der Waals surface area contributed by atoms with E-state index in [4.69, 9.17) is 5.73 Å². The number of halogens is 1. The van der Waals surface area contributed by atoms with Crippen molar-refractivity contribution in [1.29, 1.82) is 0 Å². The number of likely N-dealkylation sites (N-methyl/N-ethyl adjacent to an activating group) is 1. The van der Waals surface area contributed by atoms with E-state index >= 15 is 0 Å². The van der Waals surface area contributed by atoms with E-state index < -0.39 is 26.6 Å². The maximum absolute atomic E-state index is 13.7. The molecule has 0 aliphatic heterocycles. The highest BCUT2D eigenvalue weighted by Gasteiger charge is 2.28. The molecule has 0 aliphatic rings. The van der Waals surface area contributed by atoms with Crippen LogP contribution in [-0.4, -0.2) is 37.8 Å². The minimum Gasteiger partial charge on any atom is -0.399 e. The number of nitrogens with zero attached hydrogens (tertiary/aromatic N) is 1. The molecule has 0 fully saturated rings. The van der Waals surface area contributed by atoms with E-state index in [1.165, 1.54) is 6.07 Å². The van der Waals surface area contributed by atoms with Crippen molar-refractivity contribution in [2.75, 3.05) is 18.8 Å². The summed E-state index contributed by atoms with van der Waals surface area (Å²) >= 11 is 0. The topological polar surface area (TPSA) is 92.5 Å². The number of benzene rings is 1. The van der Waals surface area contributed by atoms with Crippen LogP contribution < -0.4 is 11.1 Å². The Balaban J connectivity index is 3.08. The molecule has 0 atom stereocenters. The van der Waals surface area contributed by atoms with Gasteiger partial charge in [0.2, 0.25) is 15.9 Å². The number of sulfonamides is 1. The quantitative estimate of drug-likeness (QED) is 0.764. The Labute approximate surface area is 124 Å². The summed E-state index contributed by atoms with van der Waals surface area (Å²) in [6, 6.07) is 3.21. The molecule has 3 N–H and O–H groups in total. The second kappa shape index (κ2) is 6.86. The van der Waals surface area contributed by atoms with Gasteiger partial charge < -0.3 is 11.1 Å². The molecule has 0 aliphatic carbocycles. The van der Waals surface area contributed by atoms with Crippen LogP contribution in [0.25, 0.3) is 0 Å². The van der Waals surface area contributed by atoms with E-state index in [1.807, 2.05) is 0 Å². The molecule has 1 amide bonds. The number of nitrogens with two attached hydrogens (primary N) is 1. The van der Waals surface area contributed by atoms with Crippen LogP contribution in [0.15, 0.2) is 23.1 Å². The van der Waals surface area contributed by atoms with Crippen molar-refractivity contribution in [3.05, 3.63) is 24.0 Å². The highest BCUT2D eigenvalue weighted by molar-refractivity contribution is 7.89. The maximum Gasteiger partial charge on any atom is 0.246 e. The summed E-state index contributed by atoms with van der Waals surface area (Å²) in [6.45, 7) is 4.78. The average molecular weight is 317 g/mol. The van der Waals surface area contributed by atoms with E-state index in [-0.39, 0.29) is 24.8 Å². The van der Waals surface area contributed by atoms with Gasteiger partial charge in [0.25, 0.3) is 0 Å². The van der Waals surface area contributed by atoms with Crippen LogP contribution in [0.2, 0.25) is 0 Å². The number of anilines is 1. The highest BCUT2D eigenvalue weighted by Crippen LogP contribution is 2.21. The summed E-state index contributed by atoms with van der Waals surface area (Å²) in [5.74, 6) is -1.34. The van der Waals surface area contributed by atoms with Crippen molar-refractivity contribution < 1.29 is 17.6 Å². The van der Waals surface area contributed by atoms with Gasteiger partial charge in [0.1, 0.15) is 10.7 Å². The van der Waals surface area contributed by atoms with Gasteiger partial charge in [0.15, 0.2) is 0 Å². The third-order valence-electron chi connectivity index (χ3n) is 2.70. The number of carbonyl (C=O) groups is 1. The molecule has 8 heteroatoms. The third-order valence-corrected chi connectivity index (χ3v) is 4.63. The largest absolute Gasteiger partial charge is 0.399 e. The number of rotatable bonds is 6. The van der Waals surface area contributed by atoms with Crippen LogP contribution in [0.1, 0.15) is 20.8 Å². The lowest BCUT2D eigenvalue weighted by Crippen LogP contribution is -2.42. The second-order valence-corrected chi connectivity index (χ2v) is 6.75. The molecular formula is C13H20FN3O3S. The zero-order valence-electron chi connectivity index (χ0n) is 12.3. The summed E-state index contributed by atoms with van der Waals surface area (Å²) in [5.41, 5.74) is 5.64. The van der Waals surface area contributed by atoms with Crippen molar-refractivity contribution in [2.24, 2.45) is 0 Å². The lowest BCUT2D eigenvalue weighted by molar-refractivity contribution is -0.121. The van der Waals surface area contributed by atoms with E-state index in [1.54, 1.807) is 20.8 Å². The number of hydrogen-bond acceptors (Lipinski definition) is 4. The molecule has 21 heavy (non-hydrogen) atoms. The zero-order valence-corrected chi connectivity index (χ0v) is 13.1. The van der Waals surface area contributed by atoms with Crippen LogP contribution in [0.3, 0.4) is 0 Å². The predicted molar refractivity (Wildman–Crippen MR) is 78.5 cm³/mol. The summed E-state index contributed by atoms with van der Waals surface area (Å²) in [4.78, 5) is 11.2. The monoisotopic (exact) mass is 317 g/mol. The lowest BCUT2D eigenvalue weighted by Gasteiger charge is -2.21. The van der Waals surface area contributed by atoms with Crippen molar-refractivity contribution in [2.45, 2.75) is 31.7 Å². The Kier molecular flexibility index (Phi) is 5.68. The van der Waals surface area contributed by atoms with Crippen LogP contribution in [0.4, 0.5) is 10.1 Å².